The average Bonchev–Trinajstić information content (AvgIpc) is 3.09. The van der Waals surface area contributed by atoms with Gasteiger partial charge in [0.15, 0.2) is 0 Å². The standard InChI is InChI=1S/C22H31N3O3/c1-4-17-5-7-19(8-6-17)22-24-20(16(2)28-22)15-25-12-9-18(10-13-25)21(26)23-11-14-27-3/h5-8,18H,4,9-15H2,1-3H3,(H,23,26). The van der Waals surface area contributed by atoms with Crippen molar-refractivity contribution in [3.05, 3.63) is 41.3 Å². The van der Waals surface area contributed by atoms with Crippen LogP contribution in [0.15, 0.2) is 28.7 Å². The van der Waals surface area contributed by atoms with Crippen LogP contribution in [0.25, 0.3) is 11.5 Å². The zero-order chi connectivity index (χ0) is 19.9. The fourth-order valence-corrected chi connectivity index (χ4v) is 3.57. The van der Waals surface area contributed by atoms with Gasteiger partial charge in [-0.1, -0.05) is 19.1 Å². The Labute approximate surface area is 167 Å². The number of aryl methyl sites for hydroxylation is 2. The Morgan fingerprint density at radius 1 is 1.29 bits per heavy atom. The fraction of sp³-hybridized carbons (Fsp3) is 0.545. The first-order valence-electron chi connectivity index (χ1n) is 10.1. The predicted molar refractivity (Wildman–Crippen MR) is 109 cm³/mol. The topological polar surface area (TPSA) is 67.6 Å². The van der Waals surface area contributed by atoms with Crippen molar-refractivity contribution in [2.45, 2.75) is 39.7 Å². The van der Waals surface area contributed by atoms with Crippen molar-refractivity contribution in [2.24, 2.45) is 5.92 Å². The Bertz CT molecular complexity index is 762. The van der Waals surface area contributed by atoms with Crippen molar-refractivity contribution in [1.29, 1.82) is 0 Å². The van der Waals surface area contributed by atoms with Crippen LogP contribution in [0.3, 0.4) is 0 Å². The van der Waals surface area contributed by atoms with Gasteiger partial charge < -0.3 is 14.5 Å². The van der Waals surface area contributed by atoms with Gasteiger partial charge in [0, 0.05) is 31.7 Å². The molecule has 0 atom stereocenters. The summed E-state index contributed by atoms with van der Waals surface area (Å²) < 4.78 is 10.9. The minimum absolute atomic E-state index is 0.0964. The van der Waals surface area contributed by atoms with Crippen LogP contribution in [0.4, 0.5) is 0 Å². The summed E-state index contributed by atoms with van der Waals surface area (Å²) in [6.45, 7) is 7.82. The second kappa shape index (κ2) is 9.85. The number of hydrogen-bond acceptors (Lipinski definition) is 5. The molecule has 1 N–H and O–H groups in total. The van der Waals surface area contributed by atoms with Crippen LogP contribution in [0.1, 0.15) is 36.8 Å². The van der Waals surface area contributed by atoms with Crippen LogP contribution >= 0.6 is 0 Å². The molecule has 1 aromatic heterocycles. The third-order valence-corrected chi connectivity index (χ3v) is 5.44. The molecule has 1 saturated heterocycles. The molecule has 1 aliphatic heterocycles. The monoisotopic (exact) mass is 385 g/mol. The largest absolute Gasteiger partial charge is 0.441 e. The Morgan fingerprint density at radius 3 is 2.64 bits per heavy atom. The summed E-state index contributed by atoms with van der Waals surface area (Å²) in [6, 6.07) is 8.39. The van der Waals surface area contributed by atoms with Gasteiger partial charge in [0.2, 0.25) is 11.8 Å². The van der Waals surface area contributed by atoms with Crippen LogP contribution in [0, 0.1) is 12.8 Å². The Kier molecular flexibility index (Phi) is 7.23. The summed E-state index contributed by atoms with van der Waals surface area (Å²) in [5, 5.41) is 2.95. The lowest BCUT2D eigenvalue weighted by molar-refractivity contribution is -0.126. The van der Waals surface area contributed by atoms with E-state index in [1.807, 2.05) is 6.92 Å². The number of methoxy groups -OCH3 is 1. The molecule has 1 amide bonds. The maximum atomic E-state index is 12.2. The minimum Gasteiger partial charge on any atom is -0.441 e. The first kappa shape index (κ1) is 20.6. The van der Waals surface area contributed by atoms with Crippen LogP contribution in [-0.2, 0) is 22.5 Å². The Balaban J connectivity index is 1.54. The molecule has 0 radical (unpaired) electrons. The highest BCUT2D eigenvalue weighted by atomic mass is 16.5. The molecule has 0 spiro atoms. The number of benzene rings is 1. The first-order valence-corrected chi connectivity index (χ1v) is 10.1. The molecule has 0 aliphatic carbocycles. The normalized spacial score (nSPS) is 15.7. The molecule has 6 heteroatoms. The van der Waals surface area contributed by atoms with Gasteiger partial charge in [-0.25, -0.2) is 4.98 Å². The molecular weight excluding hydrogens is 354 g/mol. The molecule has 28 heavy (non-hydrogen) atoms. The number of hydrogen-bond donors (Lipinski definition) is 1. The van der Waals surface area contributed by atoms with Crippen molar-refractivity contribution in [1.82, 2.24) is 15.2 Å². The molecule has 0 saturated carbocycles. The molecule has 1 aromatic carbocycles. The van der Waals surface area contributed by atoms with Gasteiger partial charge in [0.1, 0.15) is 5.76 Å². The fourth-order valence-electron chi connectivity index (χ4n) is 3.57. The van der Waals surface area contributed by atoms with Crippen LogP contribution < -0.4 is 5.32 Å². The molecule has 2 aromatic rings. The number of piperidine rings is 1. The van der Waals surface area contributed by atoms with Gasteiger partial charge in [-0.3, -0.25) is 9.69 Å². The third kappa shape index (κ3) is 5.20. The highest BCUT2D eigenvalue weighted by molar-refractivity contribution is 5.78. The van der Waals surface area contributed by atoms with Gasteiger partial charge in [-0.05, 0) is 57.0 Å². The predicted octanol–water partition coefficient (Wildman–Crippen LogP) is 3.19. The summed E-state index contributed by atoms with van der Waals surface area (Å²) in [6.07, 6.45) is 2.78. The first-order chi connectivity index (χ1) is 13.6. The van der Waals surface area contributed by atoms with E-state index in [-0.39, 0.29) is 11.8 Å². The van der Waals surface area contributed by atoms with E-state index in [0.717, 1.165) is 55.9 Å². The Morgan fingerprint density at radius 2 is 2.00 bits per heavy atom. The maximum Gasteiger partial charge on any atom is 0.226 e. The SMILES string of the molecule is CCc1ccc(-c2nc(CN3CCC(C(=O)NCCOC)CC3)c(C)o2)cc1. The van der Waals surface area contributed by atoms with Gasteiger partial charge in [-0.2, -0.15) is 0 Å². The lowest BCUT2D eigenvalue weighted by atomic mass is 9.96. The molecule has 1 fully saturated rings. The van der Waals surface area contributed by atoms with E-state index in [4.69, 9.17) is 14.1 Å². The smallest absolute Gasteiger partial charge is 0.226 e. The van der Waals surface area contributed by atoms with Gasteiger partial charge in [-0.15, -0.1) is 0 Å². The number of carbonyl (C=O) groups is 1. The van der Waals surface area contributed by atoms with E-state index in [9.17, 15) is 4.79 Å². The van der Waals surface area contributed by atoms with E-state index < -0.39 is 0 Å². The number of ether oxygens (including phenoxy) is 1. The number of likely N-dealkylation sites (tertiary alicyclic amines) is 1. The van der Waals surface area contributed by atoms with Crippen molar-refractivity contribution < 1.29 is 13.9 Å². The van der Waals surface area contributed by atoms with Crippen molar-refractivity contribution in [2.75, 3.05) is 33.4 Å². The molecular formula is C22H31N3O3. The highest BCUT2D eigenvalue weighted by Gasteiger charge is 2.25. The number of rotatable bonds is 8. The number of nitrogens with one attached hydrogen (secondary N) is 1. The molecule has 0 bridgehead atoms. The van der Waals surface area contributed by atoms with Crippen molar-refractivity contribution in [3.8, 4) is 11.5 Å². The van der Waals surface area contributed by atoms with Crippen LogP contribution in [0.5, 0.6) is 0 Å². The second-order valence-corrected chi connectivity index (χ2v) is 7.41. The molecule has 3 rings (SSSR count). The Hall–Kier alpha value is -2.18. The maximum absolute atomic E-state index is 12.2. The van der Waals surface area contributed by atoms with Crippen LogP contribution in [0.2, 0.25) is 0 Å². The van der Waals surface area contributed by atoms with E-state index >= 15 is 0 Å². The zero-order valence-electron chi connectivity index (χ0n) is 17.2. The summed E-state index contributed by atoms with van der Waals surface area (Å²) in [5.41, 5.74) is 3.30. The number of nitrogens with zero attached hydrogens (tertiary/aromatic N) is 2. The summed E-state index contributed by atoms with van der Waals surface area (Å²) in [4.78, 5) is 19.3. The van der Waals surface area contributed by atoms with E-state index in [2.05, 4.69) is 41.4 Å². The van der Waals surface area contributed by atoms with Gasteiger partial charge in [0.05, 0.1) is 12.3 Å². The van der Waals surface area contributed by atoms with Gasteiger partial charge >= 0.3 is 0 Å². The molecule has 1 aliphatic rings. The van der Waals surface area contributed by atoms with E-state index in [1.165, 1.54) is 5.56 Å². The minimum atomic E-state index is 0.0964. The lowest BCUT2D eigenvalue weighted by Crippen LogP contribution is -2.41. The summed E-state index contributed by atoms with van der Waals surface area (Å²) in [5.74, 6) is 1.79. The number of oxazole rings is 1. The molecule has 152 valence electrons. The highest BCUT2D eigenvalue weighted by Crippen LogP contribution is 2.25. The van der Waals surface area contributed by atoms with Gasteiger partial charge in [0.25, 0.3) is 0 Å². The zero-order valence-corrected chi connectivity index (χ0v) is 17.2. The third-order valence-electron chi connectivity index (χ3n) is 5.44. The quantitative estimate of drug-likeness (QED) is 0.707. The molecule has 6 nitrogen and oxygen atoms in total. The second-order valence-electron chi connectivity index (χ2n) is 7.41. The number of carbonyl (C=O) groups excluding carboxylic acids is 1. The summed E-state index contributed by atoms with van der Waals surface area (Å²) in [7, 11) is 1.64. The number of aromatic nitrogens is 1. The average molecular weight is 386 g/mol. The van der Waals surface area contributed by atoms with E-state index in [0.29, 0.717) is 19.0 Å². The van der Waals surface area contributed by atoms with Crippen molar-refractivity contribution in [3.63, 3.8) is 0 Å². The molecule has 0 unspecified atom stereocenters. The summed E-state index contributed by atoms with van der Waals surface area (Å²) >= 11 is 0. The number of amides is 1. The lowest BCUT2D eigenvalue weighted by Gasteiger charge is -2.30. The van der Waals surface area contributed by atoms with Crippen LogP contribution in [-0.4, -0.2) is 49.1 Å². The van der Waals surface area contributed by atoms with Crippen molar-refractivity contribution >= 4 is 5.91 Å². The van der Waals surface area contributed by atoms with E-state index in [1.54, 1.807) is 7.11 Å². The molecule has 2 heterocycles.